The molecule has 3 nitrogen and oxygen atoms in total. The van der Waals surface area contributed by atoms with Crippen LogP contribution < -0.4 is 5.32 Å². The summed E-state index contributed by atoms with van der Waals surface area (Å²) < 4.78 is 5.95. The third-order valence-corrected chi connectivity index (χ3v) is 3.20. The normalized spacial score (nSPS) is 12.3. The van der Waals surface area contributed by atoms with Crippen LogP contribution >= 0.6 is 0 Å². The Morgan fingerprint density at radius 2 is 1.48 bits per heavy atom. The van der Waals surface area contributed by atoms with Crippen LogP contribution in [0.5, 0.6) is 0 Å². The molecule has 3 heteroatoms. The molecule has 0 radical (unpaired) electrons. The second-order valence-corrected chi connectivity index (χ2v) is 7.37. The molecule has 0 saturated carbocycles. The number of furan rings is 1. The van der Waals surface area contributed by atoms with Crippen molar-refractivity contribution in [2.75, 3.05) is 19.6 Å². The summed E-state index contributed by atoms with van der Waals surface area (Å²) in [6.45, 7) is 18.6. The predicted octanol–water partition coefficient (Wildman–Crippen LogP) is 4.14. The largest absolute Gasteiger partial charge is 0.463 e. The summed E-state index contributed by atoms with van der Waals surface area (Å²) in [7, 11) is 0. The Balaban J connectivity index is 2.49. The maximum absolute atomic E-state index is 5.95. The molecule has 0 spiro atoms. The molecule has 0 amide bonds. The summed E-state index contributed by atoms with van der Waals surface area (Å²) in [5.74, 6) is 4.17. The zero-order valence-electron chi connectivity index (χ0n) is 14.8. The van der Waals surface area contributed by atoms with Crippen molar-refractivity contribution in [3.8, 4) is 0 Å². The highest BCUT2D eigenvalue weighted by atomic mass is 16.3. The van der Waals surface area contributed by atoms with Crippen molar-refractivity contribution in [1.82, 2.24) is 10.2 Å². The van der Waals surface area contributed by atoms with Crippen molar-refractivity contribution < 1.29 is 4.42 Å². The minimum absolute atomic E-state index is 0.673. The SMILES string of the molecule is CC(C)CNCc1ccc(CN(CC(C)C)CC(C)C)o1. The fourth-order valence-electron chi connectivity index (χ4n) is 2.54. The number of rotatable bonds is 10. The molecule has 1 aromatic rings. The van der Waals surface area contributed by atoms with E-state index in [2.05, 4.69) is 63.9 Å². The Labute approximate surface area is 131 Å². The zero-order valence-corrected chi connectivity index (χ0v) is 14.8. The summed E-state index contributed by atoms with van der Waals surface area (Å²) in [6.07, 6.45) is 0. The van der Waals surface area contributed by atoms with Crippen LogP contribution in [0.4, 0.5) is 0 Å². The van der Waals surface area contributed by atoms with E-state index in [1.54, 1.807) is 0 Å². The highest BCUT2D eigenvalue weighted by molar-refractivity contribution is 5.07. The smallest absolute Gasteiger partial charge is 0.118 e. The molecule has 0 fully saturated rings. The maximum atomic E-state index is 5.95. The van der Waals surface area contributed by atoms with Gasteiger partial charge >= 0.3 is 0 Å². The van der Waals surface area contributed by atoms with Crippen LogP contribution in [0.1, 0.15) is 53.1 Å². The van der Waals surface area contributed by atoms with Crippen LogP contribution in [0.3, 0.4) is 0 Å². The van der Waals surface area contributed by atoms with Gasteiger partial charge in [0.2, 0.25) is 0 Å². The number of hydrogen-bond acceptors (Lipinski definition) is 3. The first-order valence-corrected chi connectivity index (χ1v) is 8.37. The third-order valence-electron chi connectivity index (χ3n) is 3.20. The highest BCUT2D eigenvalue weighted by Gasteiger charge is 2.12. The molecule has 0 aliphatic heterocycles. The molecule has 0 bridgehead atoms. The Hall–Kier alpha value is -0.800. The lowest BCUT2D eigenvalue weighted by molar-refractivity contribution is 0.195. The number of hydrogen-bond donors (Lipinski definition) is 1. The molecule has 1 rings (SSSR count). The van der Waals surface area contributed by atoms with Crippen LogP contribution in [-0.4, -0.2) is 24.5 Å². The van der Waals surface area contributed by atoms with Crippen LogP contribution in [0.15, 0.2) is 16.5 Å². The van der Waals surface area contributed by atoms with E-state index >= 15 is 0 Å². The summed E-state index contributed by atoms with van der Waals surface area (Å²) in [5.41, 5.74) is 0. The van der Waals surface area contributed by atoms with Crippen LogP contribution in [0, 0.1) is 17.8 Å². The topological polar surface area (TPSA) is 28.4 Å². The van der Waals surface area contributed by atoms with Gasteiger partial charge in [0.15, 0.2) is 0 Å². The summed E-state index contributed by atoms with van der Waals surface area (Å²) in [5, 5.41) is 3.42. The Morgan fingerprint density at radius 1 is 0.905 bits per heavy atom. The van der Waals surface area contributed by atoms with E-state index in [4.69, 9.17) is 4.42 Å². The van der Waals surface area contributed by atoms with Crippen molar-refractivity contribution in [1.29, 1.82) is 0 Å². The second kappa shape index (κ2) is 9.26. The molecule has 0 aliphatic carbocycles. The molecule has 0 aromatic carbocycles. The van der Waals surface area contributed by atoms with Crippen molar-refractivity contribution >= 4 is 0 Å². The molecule has 1 aromatic heterocycles. The van der Waals surface area contributed by atoms with Crippen molar-refractivity contribution in [2.24, 2.45) is 17.8 Å². The molecule has 1 N–H and O–H groups in total. The van der Waals surface area contributed by atoms with Gasteiger partial charge in [-0.15, -0.1) is 0 Å². The first-order valence-electron chi connectivity index (χ1n) is 8.37. The molecule has 21 heavy (non-hydrogen) atoms. The standard InChI is InChI=1S/C18H34N2O/c1-14(2)9-19-10-17-7-8-18(21-17)13-20(11-15(3)4)12-16(5)6/h7-8,14-16,19H,9-13H2,1-6H3. The van der Waals surface area contributed by atoms with Gasteiger partial charge < -0.3 is 9.73 Å². The lowest BCUT2D eigenvalue weighted by atomic mass is 10.1. The van der Waals surface area contributed by atoms with Gasteiger partial charge in [0.05, 0.1) is 13.1 Å². The lowest BCUT2D eigenvalue weighted by Gasteiger charge is -2.25. The molecule has 0 aliphatic rings. The van der Waals surface area contributed by atoms with Crippen molar-refractivity contribution in [3.05, 3.63) is 23.7 Å². The Bertz CT molecular complexity index is 372. The quantitative estimate of drug-likeness (QED) is 0.703. The van der Waals surface area contributed by atoms with Gasteiger partial charge in [-0.2, -0.15) is 0 Å². The number of nitrogens with one attached hydrogen (secondary N) is 1. The van der Waals surface area contributed by atoms with Crippen molar-refractivity contribution in [3.63, 3.8) is 0 Å². The van der Waals surface area contributed by atoms with Gasteiger partial charge in [-0.05, 0) is 36.4 Å². The highest BCUT2D eigenvalue weighted by Crippen LogP contribution is 2.13. The maximum Gasteiger partial charge on any atom is 0.118 e. The van der Waals surface area contributed by atoms with Crippen LogP contribution in [0.25, 0.3) is 0 Å². The third kappa shape index (κ3) is 8.27. The van der Waals surface area contributed by atoms with E-state index in [0.29, 0.717) is 17.8 Å². The van der Waals surface area contributed by atoms with Gasteiger partial charge in [0.25, 0.3) is 0 Å². The average Bonchev–Trinajstić information content (AvgIpc) is 2.74. The van der Waals surface area contributed by atoms with Crippen molar-refractivity contribution in [2.45, 2.75) is 54.6 Å². The van der Waals surface area contributed by atoms with Crippen LogP contribution in [0.2, 0.25) is 0 Å². The molecular weight excluding hydrogens is 260 g/mol. The van der Waals surface area contributed by atoms with Gasteiger partial charge in [0, 0.05) is 13.1 Å². The van der Waals surface area contributed by atoms with E-state index in [-0.39, 0.29) is 0 Å². The van der Waals surface area contributed by atoms with E-state index in [9.17, 15) is 0 Å². The van der Waals surface area contributed by atoms with Crippen LogP contribution in [-0.2, 0) is 13.1 Å². The first kappa shape index (κ1) is 18.2. The molecular formula is C18H34N2O. The van der Waals surface area contributed by atoms with E-state index in [1.165, 1.54) is 0 Å². The Morgan fingerprint density at radius 3 is 2.00 bits per heavy atom. The van der Waals surface area contributed by atoms with E-state index in [1.807, 2.05) is 0 Å². The van der Waals surface area contributed by atoms with E-state index < -0.39 is 0 Å². The molecule has 0 saturated heterocycles. The predicted molar refractivity (Wildman–Crippen MR) is 90.2 cm³/mol. The summed E-state index contributed by atoms with van der Waals surface area (Å²) in [4.78, 5) is 2.50. The van der Waals surface area contributed by atoms with E-state index in [0.717, 1.165) is 44.2 Å². The molecule has 122 valence electrons. The van der Waals surface area contributed by atoms with Gasteiger partial charge in [-0.1, -0.05) is 41.5 Å². The summed E-state index contributed by atoms with van der Waals surface area (Å²) >= 11 is 0. The molecule has 0 unspecified atom stereocenters. The fraction of sp³-hybridized carbons (Fsp3) is 0.778. The molecule has 0 atom stereocenters. The fourth-order valence-corrected chi connectivity index (χ4v) is 2.54. The molecule has 1 heterocycles. The minimum Gasteiger partial charge on any atom is -0.463 e. The average molecular weight is 294 g/mol. The van der Waals surface area contributed by atoms with Gasteiger partial charge in [-0.25, -0.2) is 0 Å². The second-order valence-electron chi connectivity index (χ2n) is 7.37. The summed E-state index contributed by atoms with van der Waals surface area (Å²) in [6, 6.07) is 4.23. The minimum atomic E-state index is 0.673. The first-order chi connectivity index (χ1) is 9.86. The number of nitrogens with zero attached hydrogens (tertiary/aromatic N) is 1. The monoisotopic (exact) mass is 294 g/mol. The van der Waals surface area contributed by atoms with Gasteiger partial charge in [-0.3, -0.25) is 4.90 Å². The lowest BCUT2D eigenvalue weighted by Crippen LogP contribution is -2.30. The Kier molecular flexibility index (Phi) is 8.05. The van der Waals surface area contributed by atoms with Gasteiger partial charge in [0.1, 0.15) is 11.5 Å². The zero-order chi connectivity index (χ0) is 15.8.